The van der Waals surface area contributed by atoms with Crippen LogP contribution in [0.15, 0.2) is 39.8 Å². The molecule has 0 aliphatic carbocycles. The van der Waals surface area contributed by atoms with Gasteiger partial charge in [0.1, 0.15) is 21.4 Å². The number of rotatable bonds is 4. The number of halogens is 1. The van der Waals surface area contributed by atoms with Crippen LogP contribution in [-0.4, -0.2) is 23.4 Å². The summed E-state index contributed by atoms with van der Waals surface area (Å²) in [4.78, 5) is 7.87. The molecule has 2 rings (SSSR count). The van der Waals surface area contributed by atoms with Crippen molar-refractivity contribution < 1.29 is 8.42 Å². The zero-order valence-electron chi connectivity index (χ0n) is 10.9. The van der Waals surface area contributed by atoms with Crippen molar-refractivity contribution in [3.63, 3.8) is 0 Å². The van der Waals surface area contributed by atoms with E-state index in [0.29, 0.717) is 5.69 Å². The number of nitrogens with one attached hydrogen (secondary N) is 1. The van der Waals surface area contributed by atoms with Crippen molar-refractivity contribution in [2.45, 2.75) is 11.8 Å². The lowest BCUT2D eigenvalue weighted by molar-refractivity contribution is 0.600. The predicted molar refractivity (Wildman–Crippen MR) is 87.6 cm³/mol. The quantitative estimate of drug-likeness (QED) is 0.779. The molecule has 21 heavy (non-hydrogen) atoms. The number of thiocarbonyl (C=S) groups is 1. The Balaban J connectivity index is 2.43. The van der Waals surface area contributed by atoms with Gasteiger partial charge in [0.05, 0.1) is 5.69 Å². The third-order valence-corrected chi connectivity index (χ3v) is 4.97. The van der Waals surface area contributed by atoms with Crippen LogP contribution >= 0.6 is 28.1 Å². The van der Waals surface area contributed by atoms with Crippen LogP contribution < -0.4 is 10.5 Å². The van der Waals surface area contributed by atoms with Gasteiger partial charge in [-0.2, -0.15) is 0 Å². The van der Waals surface area contributed by atoms with Crippen LogP contribution in [-0.2, 0) is 10.0 Å². The molecule has 0 atom stereocenters. The van der Waals surface area contributed by atoms with Gasteiger partial charge in [-0.15, -0.1) is 0 Å². The van der Waals surface area contributed by atoms with Gasteiger partial charge in [-0.25, -0.2) is 13.4 Å². The van der Waals surface area contributed by atoms with Gasteiger partial charge in [-0.3, -0.25) is 9.71 Å². The molecular weight excluding hydrogens is 376 g/mol. The van der Waals surface area contributed by atoms with Crippen molar-refractivity contribution >= 4 is 49.0 Å². The van der Waals surface area contributed by atoms with Crippen LogP contribution in [0.25, 0.3) is 0 Å². The van der Waals surface area contributed by atoms with Gasteiger partial charge < -0.3 is 5.73 Å². The second-order valence-corrected chi connectivity index (χ2v) is 7.03. The average Bonchev–Trinajstić information content (AvgIpc) is 2.42. The van der Waals surface area contributed by atoms with Crippen LogP contribution in [0, 0.1) is 6.92 Å². The van der Waals surface area contributed by atoms with E-state index in [1.165, 1.54) is 18.3 Å². The van der Waals surface area contributed by atoms with Crippen LogP contribution in [0.1, 0.15) is 11.4 Å². The highest BCUT2D eigenvalue weighted by Gasteiger charge is 2.21. The fraction of sp³-hybridized carbons (Fsp3) is 0.0833. The van der Waals surface area contributed by atoms with Gasteiger partial charge >= 0.3 is 0 Å². The van der Waals surface area contributed by atoms with E-state index in [-0.39, 0.29) is 21.4 Å². The molecular formula is C12H11BrN4O2S2. The molecule has 0 amide bonds. The molecule has 9 heteroatoms. The first-order valence-corrected chi connectivity index (χ1v) is 8.40. The fourth-order valence-corrected chi connectivity index (χ4v) is 3.21. The van der Waals surface area contributed by atoms with Crippen LogP contribution in [0.2, 0.25) is 0 Å². The lowest BCUT2D eigenvalue weighted by Crippen LogP contribution is -2.21. The molecule has 6 nitrogen and oxygen atoms in total. The zero-order valence-corrected chi connectivity index (χ0v) is 14.1. The highest BCUT2D eigenvalue weighted by atomic mass is 79.9. The number of hydrogen-bond acceptors (Lipinski definition) is 5. The molecule has 2 aromatic heterocycles. The minimum atomic E-state index is -3.88. The van der Waals surface area contributed by atoms with E-state index in [0.717, 1.165) is 4.47 Å². The summed E-state index contributed by atoms with van der Waals surface area (Å²) in [6.07, 6.45) is 1.43. The highest BCUT2D eigenvalue weighted by Crippen LogP contribution is 2.20. The van der Waals surface area contributed by atoms with E-state index in [1.54, 1.807) is 19.1 Å². The summed E-state index contributed by atoms with van der Waals surface area (Å²) in [6.45, 7) is 1.76. The second-order valence-electron chi connectivity index (χ2n) is 4.08. The smallest absolute Gasteiger partial charge is 0.265 e. The lowest BCUT2D eigenvalue weighted by Gasteiger charge is -2.10. The summed E-state index contributed by atoms with van der Waals surface area (Å²) in [7, 11) is -3.88. The molecule has 3 N–H and O–H groups in total. The van der Waals surface area contributed by atoms with Crippen molar-refractivity contribution in [3.05, 3.63) is 46.3 Å². The van der Waals surface area contributed by atoms with Crippen molar-refractivity contribution in [1.82, 2.24) is 9.97 Å². The molecule has 0 fully saturated rings. The first kappa shape index (κ1) is 15.8. The molecule has 0 spiro atoms. The Morgan fingerprint density at radius 2 is 2.10 bits per heavy atom. The summed E-state index contributed by atoms with van der Waals surface area (Å²) in [5.41, 5.74) is 6.22. The first-order chi connectivity index (χ1) is 9.81. The molecule has 0 saturated heterocycles. The Morgan fingerprint density at radius 3 is 2.71 bits per heavy atom. The monoisotopic (exact) mass is 386 g/mol. The van der Waals surface area contributed by atoms with Crippen molar-refractivity contribution in [1.29, 1.82) is 0 Å². The molecule has 0 saturated carbocycles. The van der Waals surface area contributed by atoms with E-state index in [2.05, 4.69) is 30.6 Å². The standard InChI is InChI=1S/C12H11BrN4O2S2/c1-7-8(13)4-5-10(16-7)17-21(18,19)9-3-2-6-15-11(9)12(14)20/h2-6H,1H3,(H2,14,20)(H,16,17). The molecule has 0 aliphatic heterocycles. The Hall–Kier alpha value is -1.58. The third-order valence-electron chi connectivity index (χ3n) is 2.55. The number of hydrogen-bond donors (Lipinski definition) is 2. The summed E-state index contributed by atoms with van der Waals surface area (Å²) in [6, 6.07) is 6.13. The van der Waals surface area contributed by atoms with Crippen LogP contribution in [0.5, 0.6) is 0 Å². The van der Waals surface area contributed by atoms with Gasteiger partial charge in [-0.1, -0.05) is 12.2 Å². The predicted octanol–water partition coefficient (Wildman–Crippen LogP) is 1.98. The maximum atomic E-state index is 12.4. The average molecular weight is 387 g/mol. The van der Waals surface area contributed by atoms with E-state index < -0.39 is 10.0 Å². The zero-order chi connectivity index (χ0) is 15.6. The SMILES string of the molecule is Cc1nc(NS(=O)(=O)c2cccnc2C(N)=S)ccc1Br. The maximum absolute atomic E-state index is 12.4. The lowest BCUT2D eigenvalue weighted by atomic mass is 10.3. The molecule has 110 valence electrons. The minimum Gasteiger partial charge on any atom is -0.388 e. The molecule has 0 aromatic carbocycles. The molecule has 0 bridgehead atoms. The van der Waals surface area contributed by atoms with Crippen molar-refractivity contribution in [3.8, 4) is 0 Å². The molecule has 0 radical (unpaired) electrons. The van der Waals surface area contributed by atoms with Crippen LogP contribution in [0.3, 0.4) is 0 Å². The summed E-state index contributed by atoms with van der Waals surface area (Å²) >= 11 is 8.12. The fourth-order valence-electron chi connectivity index (χ4n) is 1.59. The number of pyridine rings is 2. The Labute approximate surface area is 136 Å². The largest absolute Gasteiger partial charge is 0.388 e. The number of nitrogens with zero attached hydrogens (tertiary/aromatic N) is 2. The molecule has 0 aliphatic rings. The van der Waals surface area contributed by atoms with Gasteiger partial charge in [0, 0.05) is 10.7 Å². The summed E-state index contributed by atoms with van der Waals surface area (Å²) < 4.78 is 28.0. The number of sulfonamides is 1. The third kappa shape index (κ3) is 3.55. The number of nitrogens with two attached hydrogens (primary N) is 1. The van der Waals surface area contributed by atoms with E-state index in [1.807, 2.05) is 0 Å². The minimum absolute atomic E-state index is 0.0498. The van der Waals surface area contributed by atoms with E-state index in [4.69, 9.17) is 18.0 Å². The van der Waals surface area contributed by atoms with Crippen molar-refractivity contribution in [2.75, 3.05) is 4.72 Å². The maximum Gasteiger partial charge on any atom is 0.265 e. The molecule has 0 unspecified atom stereocenters. The van der Waals surface area contributed by atoms with Gasteiger partial charge in [0.15, 0.2) is 0 Å². The van der Waals surface area contributed by atoms with E-state index >= 15 is 0 Å². The Kier molecular flexibility index (Phi) is 4.55. The van der Waals surface area contributed by atoms with E-state index in [9.17, 15) is 8.42 Å². The number of aryl methyl sites for hydroxylation is 1. The normalized spacial score (nSPS) is 11.1. The number of aromatic nitrogens is 2. The summed E-state index contributed by atoms with van der Waals surface area (Å²) in [5, 5.41) is 0. The highest BCUT2D eigenvalue weighted by molar-refractivity contribution is 9.10. The first-order valence-electron chi connectivity index (χ1n) is 5.72. The molecule has 2 heterocycles. The number of anilines is 1. The second kappa shape index (κ2) is 6.04. The van der Waals surface area contributed by atoms with Gasteiger partial charge in [-0.05, 0) is 47.1 Å². The summed E-state index contributed by atoms with van der Waals surface area (Å²) in [5.74, 6) is 0.202. The Morgan fingerprint density at radius 1 is 1.38 bits per heavy atom. The molecule has 2 aromatic rings. The van der Waals surface area contributed by atoms with Crippen LogP contribution in [0.4, 0.5) is 5.82 Å². The Bertz CT molecular complexity index is 809. The van der Waals surface area contributed by atoms with Gasteiger partial charge in [0.25, 0.3) is 10.0 Å². The topological polar surface area (TPSA) is 98.0 Å². The van der Waals surface area contributed by atoms with Crippen molar-refractivity contribution in [2.24, 2.45) is 5.73 Å². The van der Waals surface area contributed by atoms with Gasteiger partial charge in [0.2, 0.25) is 0 Å².